The monoisotopic (exact) mass is 780 g/mol. The van der Waals surface area contributed by atoms with Crippen LogP contribution in [0.25, 0.3) is 77.8 Å². The van der Waals surface area contributed by atoms with Crippen molar-refractivity contribution in [1.29, 1.82) is 0 Å². The molecule has 0 spiro atoms. The normalized spacial score (nSPS) is 12.4. The van der Waals surface area contributed by atoms with Crippen LogP contribution in [0, 0.1) is 13.8 Å². The van der Waals surface area contributed by atoms with Gasteiger partial charge >= 0.3 is 0 Å². The zero-order chi connectivity index (χ0) is 43.6. The summed E-state index contributed by atoms with van der Waals surface area (Å²) in [6.45, 7) is 4.08. The summed E-state index contributed by atoms with van der Waals surface area (Å²) >= 11 is 0. The molecule has 0 amide bonds. The van der Waals surface area contributed by atoms with E-state index in [-0.39, 0.29) is 35.7 Å². The average molecular weight is 781 g/mol. The maximum atomic E-state index is 8.77. The number of aryl methyl sites for hydroxylation is 2. The van der Waals surface area contributed by atoms with E-state index in [0.29, 0.717) is 34.0 Å². The molecule has 286 valence electrons. The first-order valence-electron chi connectivity index (χ1n) is 21.5. The lowest BCUT2D eigenvalue weighted by Crippen LogP contribution is -1.97. The van der Waals surface area contributed by atoms with Crippen LogP contribution in [0.3, 0.4) is 0 Å². The predicted molar refractivity (Wildman–Crippen MR) is 240 cm³/mol. The maximum Gasteiger partial charge on any atom is 0.137 e. The fourth-order valence-electron chi connectivity index (χ4n) is 7.88. The summed E-state index contributed by atoms with van der Waals surface area (Å²) in [5.74, 6) is 3.13. The lowest BCUT2D eigenvalue weighted by molar-refractivity contribution is 0.483. The van der Waals surface area contributed by atoms with Crippen molar-refractivity contribution in [2.75, 3.05) is 0 Å². The molecule has 0 N–H and O–H groups in total. The van der Waals surface area contributed by atoms with Crippen molar-refractivity contribution < 1.29 is 15.0 Å². The summed E-state index contributed by atoms with van der Waals surface area (Å²) in [4.78, 5) is 18.7. The SMILES string of the molecule is [2H]c1cc([2H])c(-c2cnc(-c3cc(Oc4ccc5c6ccccc6n(-c6cc(C)ccn6)c5c4)c([2H])cc3[2H])cn2)cc1Oc1ccc2c3ccccc3n(-c3cc(C)ccn3)c2c1. The van der Waals surface area contributed by atoms with Crippen LogP contribution in [-0.4, -0.2) is 29.1 Å². The highest BCUT2D eigenvalue weighted by Crippen LogP contribution is 2.37. The molecule has 0 aliphatic carbocycles. The number of fused-ring (bicyclic) bond motifs is 6. The molecule has 60 heavy (non-hydrogen) atoms. The molecule has 0 aliphatic heterocycles. The second-order valence-corrected chi connectivity index (χ2v) is 14.6. The van der Waals surface area contributed by atoms with Gasteiger partial charge < -0.3 is 9.47 Å². The predicted octanol–water partition coefficient (Wildman–Crippen LogP) is 13.0. The summed E-state index contributed by atoms with van der Waals surface area (Å²) in [7, 11) is 0. The van der Waals surface area contributed by atoms with E-state index in [1.165, 1.54) is 24.5 Å². The summed E-state index contributed by atoms with van der Waals surface area (Å²) in [5.41, 5.74) is 7.67. The minimum absolute atomic E-state index is 0.0497. The zero-order valence-electron chi connectivity index (χ0n) is 36.5. The van der Waals surface area contributed by atoms with Gasteiger partial charge in [-0.2, -0.15) is 0 Å². The second-order valence-electron chi connectivity index (χ2n) is 14.6. The number of pyridine rings is 2. The number of nitrogens with zero attached hydrogens (tertiary/aromatic N) is 6. The molecule has 0 fully saturated rings. The van der Waals surface area contributed by atoms with Crippen LogP contribution < -0.4 is 9.47 Å². The molecule has 0 atom stereocenters. The summed E-state index contributed by atoms with van der Waals surface area (Å²) in [6.07, 6.45) is 6.68. The molecule has 0 saturated heterocycles. The molecule has 5 heterocycles. The van der Waals surface area contributed by atoms with Crippen molar-refractivity contribution in [3.05, 3.63) is 194 Å². The van der Waals surface area contributed by atoms with Gasteiger partial charge in [-0.15, -0.1) is 0 Å². The van der Waals surface area contributed by atoms with E-state index in [9.17, 15) is 0 Å². The fraction of sp³-hybridized carbons (Fsp3) is 0.0385. The van der Waals surface area contributed by atoms with Crippen LogP contribution >= 0.6 is 0 Å². The largest absolute Gasteiger partial charge is 0.457 e. The third-order valence-electron chi connectivity index (χ3n) is 10.6. The first-order valence-corrected chi connectivity index (χ1v) is 19.5. The Labute approximate surface area is 351 Å². The van der Waals surface area contributed by atoms with Gasteiger partial charge in [0.15, 0.2) is 0 Å². The minimum atomic E-state index is 0.0497. The number of para-hydroxylation sites is 2. The molecule has 5 aromatic heterocycles. The lowest BCUT2D eigenvalue weighted by atomic mass is 10.1. The van der Waals surface area contributed by atoms with Crippen molar-refractivity contribution in [1.82, 2.24) is 29.1 Å². The van der Waals surface area contributed by atoms with Crippen molar-refractivity contribution in [3.63, 3.8) is 0 Å². The van der Waals surface area contributed by atoms with E-state index in [4.69, 9.17) is 15.0 Å². The molecule has 0 aliphatic rings. The van der Waals surface area contributed by atoms with Gasteiger partial charge in [-0.05, 0) is 110 Å². The topological polar surface area (TPSA) is 79.9 Å². The van der Waals surface area contributed by atoms with Crippen LogP contribution in [0.2, 0.25) is 0 Å². The van der Waals surface area contributed by atoms with E-state index >= 15 is 0 Å². The molecule has 11 rings (SSSR count). The van der Waals surface area contributed by atoms with Gasteiger partial charge in [0, 0.05) is 57.2 Å². The molecule has 0 unspecified atom stereocenters. The molecule has 6 aromatic carbocycles. The third kappa shape index (κ3) is 6.27. The van der Waals surface area contributed by atoms with E-state index in [1.54, 1.807) is 24.5 Å². The van der Waals surface area contributed by atoms with Crippen LogP contribution in [0.1, 0.15) is 16.6 Å². The fourth-order valence-corrected chi connectivity index (χ4v) is 7.88. The Morgan fingerprint density at radius 2 is 0.867 bits per heavy atom. The highest BCUT2D eigenvalue weighted by Gasteiger charge is 2.16. The Bertz CT molecular complexity index is 3420. The molecule has 0 bridgehead atoms. The van der Waals surface area contributed by atoms with Crippen molar-refractivity contribution in [3.8, 4) is 57.1 Å². The Kier molecular flexibility index (Phi) is 7.42. The van der Waals surface area contributed by atoms with Gasteiger partial charge in [-0.1, -0.05) is 60.6 Å². The van der Waals surface area contributed by atoms with E-state index in [2.05, 4.69) is 53.3 Å². The maximum absolute atomic E-state index is 8.77. The molecule has 8 nitrogen and oxygen atoms in total. The smallest absolute Gasteiger partial charge is 0.137 e. The molecule has 11 aromatic rings. The van der Waals surface area contributed by atoms with Crippen molar-refractivity contribution in [2.45, 2.75) is 13.8 Å². The quantitative estimate of drug-likeness (QED) is 0.153. The number of rotatable bonds is 8. The minimum Gasteiger partial charge on any atom is -0.457 e. The lowest BCUT2D eigenvalue weighted by Gasteiger charge is -2.11. The van der Waals surface area contributed by atoms with Gasteiger partial charge in [0.2, 0.25) is 0 Å². The second kappa shape index (κ2) is 14.4. The summed E-state index contributed by atoms with van der Waals surface area (Å²) < 4.78 is 52.0. The van der Waals surface area contributed by atoms with Crippen LogP contribution in [-0.2, 0) is 0 Å². The Balaban J connectivity index is 0.899. The van der Waals surface area contributed by atoms with Gasteiger partial charge in [0.1, 0.15) is 34.6 Å². The molecule has 8 heteroatoms. The summed E-state index contributed by atoms with van der Waals surface area (Å²) in [6, 6.07) is 42.5. The van der Waals surface area contributed by atoms with Gasteiger partial charge in [-0.3, -0.25) is 19.1 Å². The first-order chi connectivity index (χ1) is 31.2. The van der Waals surface area contributed by atoms with Crippen LogP contribution in [0.4, 0.5) is 0 Å². The Hall–Kier alpha value is -8.10. The highest BCUT2D eigenvalue weighted by atomic mass is 16.5. The zero-order valence-corrected chi connectivity index (χ0v) is 32.5. The highest BCUT2D eigenvalue weighted by molar-refractivity contribution is 6.10. The Morgan fingerprint density at radius 1 is 0.417 bits per heavy atom. The number of ether oxygens (including phenoxy) is 2. The molecular formula is C52H36N6O2. The van der Waals surface area contributed by atoms with E-state index in [1.807, 2.05) is 98.8 Å². The van der Waals surface area contributed by atoms with Gasteiger partial charge in [0.05, 0.1) is 51.3 Å². The van der Waals surface area contributed by atoms with Crippen molar-refractivity contribution >= 4 is 43.6 Å². The van der Waals surface area contributed by atoms with Crippen LogP contribution in [0.5, 0.6) is 23.0 Å². The average Bonchev–Trinajstić information content (AvgIpc) is 3.80. The molecule has 0 radical (unpaired) electrons. The first kappa shape index (κ1) is 31.0. The standard InChI is InChI=1S/C52H36N6O2/c1-33-21-23-53-51(25-33)57-47-15-5-3-13-41(47)43-19-17-39(29-49(43)57)59-37-11-7-9-35(27-37)45-31-56-46(32-55-45)36-10-8-12-38(28-36)60-40-18-20-44-42-14-4-6-16-48(42)58(50(44)30-40)52-26-34(2)22-24-54-52/h3-32H,1-2H3/i9D,10D,11D,12D. The Morgan fingerprint density at radius 3 is 1.32 bits per heavy atom. The number of hydrogen-bond donors (Lipinski definition) is 0. The number of benzene rings is 6. The van der Waals surface area contributed by atoms with E-state index < -0.39 is 0 Å². The number of hydrogen-bond acceptors (Lipinski definition) is 6. The van der Waals surface area contributed by atoms with Gasteiger partial charge in [0.25, 0.3) is 0 Å². The summed E-state index contributed by atoms with van der Waals surface area (Å²) in [5, 5.41) is 4.25. The van der Waals surface area contributed by atoms with E-state index in [0.717, 1.165) is 66.4 Å². The van der Waals surface area contributed by atoms with Crippen molar-refractivity contribution in [2.24, 2.45) is 0 Å². The third-order valence-corrected chi connectivity index (χ3v) is 10.6. The molecular weight excluding hydrogens is 741 g/mol. The molecule has 0 saturated carbocycles. The van der Waals surface area contributed by atoms with Gasteiger partial charge in [-0.25, -0.2) is 9.97 Å². The number of aromatic nitrogens is 6. The van der Waals surface area contributed by atoms with Crippen LogP contribution in [0.15, 0.2) is 182 Å².